The van der Waals surface area contributed by atoms with Gasteiger partial charge >= 0.3 is 0 Å². The first-order valence-electron chi connectivity index (χ1n) is 22.6. The van der Waals surface area contributed by atoms with E-state index in [0.717, 1.165) is 34.6 Å². The van der Waals surface area contributed by atoms with E-state index in [1.54, 1.807) is 0 Å². The molecule has 0 radical (unpaired) electrons. The van der Waals surface area contributed by atoms with E-state index in [9.17, 15) is 0 Å². The molecule has 1 aliphatic heterocycles. The van der Waals surface area contributed by atoms with Crippen molar-refractivity contribution in [3.8, 4) is 44.5 Å². The SMILES string of the molecule is C=C1/C=C\C=C/Cc2ccccc2-c2cc(N(c3ccc(-c4ccccc4)cc3)c3ccc(-c4ccc5c(c4)C4C=CC=CC4N5C4C=CC=CC4C)cc3)ccc2-c2ccccc21. The lowest BCUT2D eigenvalue weighted by molar-refractivity contribution is 0.530. The second-order valence-corrected chi connectivity index (χ2v) is 17.3. The second-order valence-electron chi connectivity index (χ2n) is 17.3. The van der Waals surface area contributed by atoms with Crippen LogP contribution in [0.15, 0.2) is 243 Å². The number of fused-ring (bicyclic) bond motifs is 8. The van der Waals surface area contributed by atoms with E-state index in [1.165, 1.54) is 61.3 Å². The largest absolute Gasteiger partial charge is 0.357 e. The van der Waals surface area contributed by atoms with Crippen LogP contribution in [0.3, 0.4) is 0 Å². The van der Waals surface area contributed by atoms with Gasteiger partial charge < -0.3 is 9.80 Å². The molecule has 4 aliphatic rings. The van der Waals surface area contributed by atoms with Gasteiger partial charge in [-0.1, -0.05) is 202 Å². The normalized spacial score (nSPS) is 20.2. The first kappa shape index (κ1) is 39.2. The minimum absolute atomic E-state index is 0.309. The van der Waals surface area contributed by atoms with Crippen LogP contribution >= 0.6 is 0 Å². The van der Waals surface area contributed by atoms with Crippen LogP contribution < -0.4 is 9.80 Å². The van der Waals surface area contributed by atoms with Crippen molar-refractivity contribution >= 4 is 28.3 Å². The molecule has 0 saturated heterocycles. The van der Waals surface area contributed by atoms with Crippen LogP contribution in [0.5, 0.6) is 0 Å². The van der Waals surface area contributed by atoms with Gasteiger partial charge in [0.1, 0.15) is 0 Å². The van der Waals surface area contributed by atoms with Gasteiger partial charge in [-0.2, -0.15) is 0 Å². The fraction of sp³-hybridized carbons (Fsp3) is 0.0968. The predicted octanol–water partition coefficient (Wildman–Crippen LogP) is 16.0. The Morgan fingerprint density at radius 3 is 1.83 bits per heavy atom. The molecule has 7 aromatic carbocycles. The summed E-state index contributed by atoms with van der Waals surface area (Å²) < 4.78 is 0. The van der Waals surface area contributed by atoms with Crippen LogP contribution in [0.25, 0.3) is 50.1 Å². The highest BCUT2D eigenvalue weighted by atomic mass is 15.2. The molecular weight excluding hydrogens is 773 g/mol. The van der Waals surface area contributed by atoms with Gasteiger partial charge in [0.2, 0.25) is 0 Å². The van der Waals surface area contributed by atoms with Gasteiger partial charge in [0.15, 0.2) is 0 Å². The van der Waals surface area contributed by atoms with Crippen molar-refractivity contribution in [3.63, 3.8) is 0 Å². The monoisotopic (exact) mass is 822 g/mol. The topological polar surface area (TPSA) is 6.48 Å². The maximum absolute atomic E-state index is 4.50. The second kappa shape index (κ2) is 16.9. The minimum Gasteiger partial charge on any atom is -0.357 e. The van der Waals surface area contributed by atoms with Crippen molar-refractivity contribution in [2.75, 3.05) is 9.80 Å². The number of rotatable bonds is 6. The highest BCUT2D eigenvalue weighted by molar-refractivity contribution is 5.95. The first-order chi connectivity index (χ1) is 31.6. The van der Waals surface area contributed by atoms with Gasteiger partial charge in [-0.05, 0) is 128 Å². The molecule has 4 unspecified atom stereocenters. The summed E-state index contributed by atoms with van der Waals surface area (Å²) in [7, 11) is 0. The van der Waals surface area contributed by atoms with Crippen LogP contribution in [0.2, 0.25) is 0 Å². The first-order valence-corrected chi connectivity index (χ1v) is 22.6. The fourth-order valence-electron chi connectivity index (χ4n) is 10.3. The summed E-state index contributed by atoms with van der Waals surface area (Å²) in [6, 6.07) is 61.1. The number of anilines is 4. The van der Waals surface area contributed by atoms with Gasteiger partial charge in [0.25, 0.3) is 0 Å². The number of allylic oxidation sites excluding steroid dienone is 9. The molecule has 64 heavy (non-hydrogen) atoms. The zero-order chi connectivity index (χ0) is 43.0. The lowest BCUT2D eigenvalue weighted by Crippen LogP contribution is -2.44. The molecule has 308 valence electrons. The van der Waals surface area contributed by atoms with E-state index in [-0.39, 0.29) is 0 Å². The van der Waals surface area contributed by atoms with E-state index >= 15 is 0 Å². The molecule has 0 fully saturated rings. The van der Waals surface area contributed by atoms with E-state index in [1.807, 2.05) is 0 Å². The van der Waals surface area contributed by atoms with Crippen molar-refractivity contribution < 1.29 is 0 Å². The molecule has 0 aromatic heterocycles. The maximum atomic E-state index is 4.50. The molecule has 0 spiro atoms. The number of hydrogen-bond donors (Lipinski definition) is 0. The van der Waals surface area contributed by atoms with Crippen LogP contribution in [-0.2, 0) is 6.42 Å². The molecule has 7 aromatic rings. The average Bonchev–Trinajstić information content (AvgIpc) is 3.68. The molecule has 0 amide bonds. The number of benzene rings is 7. The minimum atomic E-state index is 0.309. The van der Waals surface area contributed by atoms with Crippen molar-refractivity contribution in [1.29, 1.82) is 0 Å². The Balaban J connectivity index is 1.02. The summed E-state index contributed by atoms with van der Waals surface area (Å²) in [6.45, 7) is 6.83. The summed E-state index contributed by atoms with van der Waals surface area (Å²) >= 11 is 0. The third kappa shape index (κ3) is 7.21. The van der Waals surface area contributed by atoms with E-state index in [2.05, 4.69) is 260 Å². The molecular formula is C62H50N2. The van der Waals surface area contributed by atoms with Crippen LogP contribution in [-0.4, -0.2) is 12.1 Å². The highest BCUT2D eigenvalue weighted by Crippen LogP contribution is 2.49. The maximum Gasteiger partial charge on any atom is 0.0586 e. The van der Waals surface area contributed by atoms with Crippen LogP contribution in [0.4, 0.5) is 22.7 Å². The molecule has 0 bridgehead atoms. The molecule has 11 rings (SSSR count). The Kier molecular flexibility index (Phi) is 10.3. The van der Waals surface area contributed by atoms with Crippen molar-refractivity contribution in [3.05, 3.63) is 260 Å². The Morgan fingerprint density at radius 2 is 1.06 bits per heavy atom. The summed E-state index contributed by atoms with van der Waals surface area (Å²) in [5.74, 6) is 0.760. The number of hydrogen-bond acceptors (Lipinski definition) is 2. The molecule has 1 heterocycles. The van der Waals surface area contributed by atoms with E-state index in [4.69, 9.17) is 0 Å². The van der Waals surface area contributed by atoms with Gasteiger partial charge in [-0.15, -0.1) is 0 Å². The molecule has 4 atom stereocenters. The molecule has 3 aliphatic carbocycles. The third-order valence-electron chi connectivity index (χ3n) is 13.5. The summed E-state index contributed by atoms with van der Waals surface area (Å²) in [5, 5.41) is 0. The highest BCUT2D eigenvalue weighted by Gasteiger charge is 2.40. The van der Waals surface area contributed by atoms with Gasteiger partial charge in [-0.3, -0.25) is 0 Å². The number of nitrogens with zero attached hydrogens (tertiary/aromatic N) is 2. The Bertz CT molecular complexity index is 3070. The van der Waals surface area contributed by atoms with Gasteiger partial charge in [-0.25, -0.2) is 0 Å². The standard InChI is InChI=1S/C62H50N2/c1-43-17-5-3-8-21-48-22-10-11-24-54(48)58-42-52(38-39-56(58)55-25-13-12-23-53(43)55)63(50-34-29-46(30-35-50)45-19-6-4-7-20-45)51-36-31-47(32-37-51)49-33-40-62-59(41-49)57-26-14-16-28-61(57)64(62)60-27-15-9-18-44(60)2/h3-20,22-42,44,57,60-61H,1,21H2,2H3/b8-3-,17-5-. The lowest BCUT2D eigenvalue weighted by atomic mass is 9.86. The van der Waals surface area contributed by atoms with Gasteiger partial charge in [0.05, 0.1) is 12.1 Å². The average molecular weight is 823 g/mol. The Labute approximate surface area is 378 Å². The quantitative estimate of drug-likeness (QED) is 0.165. The zero-order valence-corrected chi connectivity index (χ0v) is 36.1. The predicted molar refractivity (Wildman–Crippen MR) is 272 cm³/mol. The van der Waals surface area contributed by atoms with Gasteiger partial charge in [0, 0.05) is 28.7 Å². The Hall–Kier alpha value is -7.68. The van der Waals surface area contributed by atoms with Crippen LogP contribution in [0, 0.1) is 5.92 Å². The summed E-state index contributed by atoms with van der Waals surface area (Å²) in [4.78, 5) is 5.05. The van der Waals surface area contributed by atoms with Crippen molar-refractivity contribution in [2.24, 2.45) is 5.92 Å². The fourth-order valence-corrected chi connectivity index (χ4v) is 10.3. The van der Waals surface area contributed by atoms with Crippen LogP contribution in [0.1, 0.15) is 29.5 Å². The molecule has 2 nitrogen and oxygen atoms in total. The smallest absolute Gasteiger partial charge is 0.0586 e. The summed E-state index contributed by atoms with van der Waals surface area (Å²) in [6.07, 6.45) is 27.7. The Morgan fingerprint density at radius 1 is 0.469 bits per heavy atom. The van der Waals surface area contributed by atoms with E-state index in [0.29, 0.717) is 23.9 Å². The third-order valence-corrected chi connectivity index (χ3v) is 13.5. The van der Waals surface area contributed by atoms with E-state index < -0.39 is 0 Å². The molecule has 2 heteroatoms. The lowest BCUT2D eigenvalue weighted by Gasteiger charge is -2.38. The molecule has 0 saturated carbocycles. The summed E-state index contributed by atoms with van der Waals surface area (Å²) in [5.41, 5.74) is 19.1. The zero-order valence-electron chi connectivity index (χ0n) is 36.1. The van der Waals surface area contributed by atoms with Crippen molar-refractivity contribution in [2.45, 2.75) is 31.3 Å². The van der Waals surface area contributed by atoms with Crippen molar-refractivity contribution in [1.82, 2.24) is 0 Å². The molecule has 0 N–H and O–H groups in total.